The van der Waals surface area contributed by atoms with Crippen molar-refractivity contribution in [1.82, 2.24) is 4.31 Å². The van der Waals surface area contributed by atoms with Crippen LogP contribution >= 0.6 is 23.1 Å². The summed E-state index contributed by atoms with van der Waals surface area (Å²) in [6.45, 7) is 1.04. The molecular formula is C17H21NO4S3. The molecule has 0 radical (unpaired) electrons. The zero-order chi connectivity index (χ0) is 17.9. The highest BCUT2D eigenvalue weighted by atomic mass is 32.2. The summed E-state index contributed by atoms with van der Waals surface area (Å²) in [5.41, 5.74) is 0. The maximum Gasteiger partial charge on any atom is 0.243 e. The molecule has 1 unspecified atom stereocenters. The minimum atomic E-state index is -3.55. The lowest BCUT2D eigenvalue weighted by atomic mass is 10.2. The van der Waals surface area contributed by atoms with Crippen LogP contribution in [0.4, 0.5) is 0 Å². The van der Waals surface area contributed by atoms with E-state index in [2.05, 4.69) is 11.4 Å². The van der Waals surface area contributed by atoms with Gasteiger partial charge in [-0.05, 0) is 30.0 Å². The summed E-state index contributed by atoms with van der Waals surface area (Å²) < 4.78 is 38.1. The Labute approximate surface area is 157 Å². The predicted molar refractivity (Wildman–Crippen MR) is 102 cm³/mol. The third-order valence-corrected chi connectivity index (χ3v) is 8.49. The van der Waals surface area contributed by atoms with Crippen molar-refractivity contribution in [3.63, 3.8) is 0 Å². The number of hydrogen-bond acceptors (Lipinski definition) is 6. The van der Waals surface area contributed by atoms with E-state index >= 15 is 0 Å². The van der Waals surface area contributed by atoms with Crippen LogP contribution in [-0.4, -0.2) is 45.8 Å². The van der Waals surface area contributed by atoms with Gasteiger partial charge in [0.05, 0.1) is 19.1 Å². The second kappa shape index (κ2) is 7.99. The van der Waals surface area contributed by atoms with Crippen LogP contribution in [0.3, 0.4) is 0 Å². The lowest BCUT2D eigenvalue weighted by Gasteiger charge is -2.20. The molecule has 5 nitrogen and oxygen atoms in total. The third kappa shape index (κ3) is 3.97. The topological polar surface area (TPSA) is 55.8 Å². The first kappa shape index (κ1) is 18.6. The van der Waals surface area contributed by atoms with Gasteiger partial charge in [-0.1, -0.05) is 6.07 Å². The van der Waals surface area contributed by atoms with Gasteiger partial charge in [-0.2, -0.15) is 16.1 Å². The molecule has 1 aliphatic rings. The van der Waals surface area contributed by atoms with E-state index in [0.717, 1.165) is 12.2 Å². The number of nitrogens with zero attached hydrogens (tertiary/aromatic N) is 1. The number of thioether (sulfide) groups is 1. The fourth-order valence-corrected chi connectivity index (χ4v) is 6.64. The van der Waals surface area contributed by atoms with E-state index in [0.29, 0.717) is 29.8 Å². The van der Waals surface area contributed by atoms with Crippen LogP contribution in [0.5, 0.6) is 11.5 Å². The molecule has 2 aromatic rings. The average molecular weight is 400 g/mol. The maximum absolute atomic E-state index is 13.0. The van der Waals surface area contributed by atoms with E-state index in [1.807, 2.05) is 17.8 Å². The van der Waals surface area contributed by atoms with Crippen LogP contribution in [-0.2, 0) is 10.0 Å². The molecule has 8 heteroatoms. The molecule has 1 aliphatic heterocycles. The van der Waals surface area contributed by atoms with Gasteiger partial charge < -0.3 is 9.47 Å². The predicted octanol–water partition coefficient (Wildman–Crippen LogP) is 3.63. The number of methoxy groups -OCH3 is 2. The lowest BCUT2D eigenvalue weighted by Crippen LogP contribution is -2.33. The standard InChI is InChI=1S/C17H21NO4S3/c1-21-14-6-5-13(12-15(14)22-2)25(19,20)18-8-7-17(24-11-9-18)16-4-3-10-23-16/h3-6,10,12,17H,7-9,11H2,1-2H3. The van der Waals surface area contributed by atoms with Gasteiger partial charge in [-0.15, -0.1) is 11.3 Å². The monoisotopic (exact) mass is 399 g/mol. The van der Waals surface area contributed by atoms with Gasteiger partial charge in [0.2, 0.25) is 10.0 Å². The molecule has 3 rings (SSSR count). The fraction of sp³-hybridized carbons (Fsp3) is 0.412. The first-order chi connectivity index (χ1) is 12.1. The molecule has 0 spiro atoms. The number of hydrogen-bond donors (Lipinski definition) is 0. The highest BCUT2D eigenvalue weighted by Crippen LogP contribution is 2.38. The third-order valence-electron chi connectivity index (χ3n) is 4.15. The summed E-state index contributed by atoms with van der Waals surface area (Å²) in [6, 6.07) is 8.91. The molecule has 0 saturated carbocycles. The highest BCUT2D eigenvalue weighted by Gasteiger charge is 2.29. The molecule has 0 amide bonds. The molecule has 0 bridgehead atoms. The van der Waals surface area contributed by atoms with Crippen molar-refractivity contribution in [2.75, 3.05) is 33.1 Å². The maximum atomic E-state index is 13.0. The van der Waals surface area contributed by atoms with Crippen molar-refractivity contribution < 1.29 is 17.9 Å². The van der Waals surface area contributed by atoms with Crippen molar-refractivity contribution in [1.29, 1.82) is 0 Å². The lowest BCUT2D eigenvalue weighted by molar-refractivity contribution is 0.353. The van der Waals surface area contributed by atoms with Gasteiger partial charge in [0.25, 0.3) is 0 Å². The zero-order valence-electron chi connectivity index (χ0n) is 14.2. The number of benzene rings is 1. The first-order valence-corrected chi connectivity index (χ1v) is 11.3. The largest absolute Gasteiger partial charge is 0.493 e. The first-order valence-electron chi connectivity index (χ1n) is 7.93. The molecule has 136 valence electrons. The van der Waals surface area contributed by atoms with Crippen LogP contribution in [0.1, 0.15) is 16.5 Å². The van der Waals surface area contributed by atoms with Gasteiger partial charge in [0.1, 0.15) is 0 Å². The summed E-state index contributed by atoms with van der Waals surface area (Å²) in [5, 5.41) is 2.43. The van der Waals surface area contributed by atoms with Crippen molar-refractivity contribution >= 4 is 33.1 Å². The Morgan fingerprint density at radius 3 is 2.60 bits per heavy atom. The number of sulfonamides is 1. The van der Waals surface area contributed by atoms with Gasteiger partial charge in [0.15, 0.2) is 11.5 Å². The zero-order valence-corrected chi connectivity index (χ0v) is 16.6. The van der Waals surface area contributed by atoms with Gasteiger partial charge in [-0.3, -0.25) is 0 Å². The van der Waals surface area contributed by atoms with Crippen molar-refractivity contribution in [2.24, 2.45) is 0 Å². The second-order valence-corrected chi connectivity index (χ2v) is 9.81. The molecule has 25 heavy (non-hydrogen) atoms. The van der Waals surface area contributed by atoms with Crippen LogP contribution in [0.25, 0.3) is 0 Å². The Bertz CT molecular complexity index is 805. The Hall–Kier alpha value is -1.22. The fourth-order valence-electron chi connectivity index (χ4n) is 2.82. The van der Waals surface area contributed by atoms with E-state index < -0.39 is 10.0 Å². The number of ether oxygens (including phenoxy) is 2. The number of rotatable bonds is 5. The molecule has 1 aromatic heterocycles. The molecule has 1 aromatic carbocycles. The quantitative estimate of drug-likeness (QED) is 0.768. The summed E-state index contributed by atoms with van der Waals surface area (Å²) in [6.07, 6.45) is 0.817. The molecule has 1 atom stereocenters. The van der Waals surface area contributed by atoms with Crippen LogP contribution in [0, 0.1) is 0 Å². The van der Waals surface area contributed by atoms with Crippen molar-refractivity contribution in [3.8, 4) is 11.5 Å². The molecule has 1 saturated heterocycles. The van der Waals surface area contributed by atoms with Crippen molar-refractivity contribution in [2.45, 2.75) is 16.6 Å². The summed E-state index contributed by atoms with van der Waals surface area (Å²) in [7, 11) is -0.514. The number of thiophene rings is 1. The molecule has 2 heterocycles. The Balaban J connectivity index is 1.80. The van der Waals surface area contributed by atoms with Gasteiger partial charge in [-0.25, -0.2) is 8.42 Å². The Kier molecular flexibility index (Phi) is 5.93. The van der Waals surface area contributed by atoms with Gasteiger partial charge in [0, 0.05) is 35.0 Å². The van der Waals surface area contributed by atoms with Crippen LogP contribution in [0.2, 0.25) is 0 Å². The SMILES string of the molecule is COc1ccc(S(=O)(=O)N2CCSC(c3cccs3)CC2)cc1OC. The Morgan fingerprint density at radius 1 is 1.12 bits per heavy atom. The van der Waals surface area contributed by atoms with E-state index in [9.17, 15) is 8.42 Å². The Morgan fingerprint density at radius 2 is 1.92 bits per heavy atom. The summed E-state index contributed by atoms with van der Waals surface area (Å²) >= 11 is 3.56. The highest BCUT2D eigenvalue weighted by molar-refractivity contribution is 7.99. The van der Waals surface area contributed by atoms with Crippen LogP contribution in [0.15, 0.2) is 40.6 Å². The van der Waals surface area contributed by atoms with E-state index in [-0.39, 0.29) is 4.90 Å². The molecule has 0 N–H and O–H groups in total. The van der Waals surface area contributed by atoms with E-state index in [1.54, 1.807) is 27.8 Å². The normalized spacial score (nSPS) is 19.4. The van der Waals surface area contributed by atoms with E-state index in [1.165, 1.54) is 25.2 Å². The minimum Gasteiger partial charge on any atom is -0.493 e. The average Bonchev–Trinajstić information content (AvgIpc) is 3.05. The van der Waals surface area contributed by atoms with E-state index in [4.69, 9.17) is 9.47 Å². The molecule has 0 aliphatic carbocycles. The van der Waals surface area contributed by atoms with Gasteiger partial charge >= 0.3 is 0 Å². The molecular weight excluding hydrogens is 378 g/mol. The summed E-state index contributed by atoms with van der Waals surface area (Å²) in [4.78, 5) is 1.56. The van der Waals surface area contributed by atoms with Crippen molar-refractivity contribution in [3.05, 3.63) is 40.6 Å². The smallest absolute Gasteiger partial charge is 0.243 e. The minimum absolute atomic E-state index is 0.240. The summed E-state index contributed by atoms with van der Waals surface area (Å²) in [5.74, 6) is 1.73. The van der Waals surface area contributed by atoms with Crippen LogP contribution < -0.4 is 9.47 Å². The molecule has 1 fully saturated rings. The second-order valence-electron chi connectivity index (χ2n) is 5.58.